The van der Waals surface area contributed by atoms with Crippen LogP contribution in [0.3, 0.4) is 0 Å². The summed E-state index contributed by atoms with van der Waals surface area (Å²) in [6, 6.07) is 0. The summed E-state index contributed by atoms with van der Waals surface area (Å²) in [6.07, 6.45) is 2.47. The molecule has 0 aliphatic carbocycles. The Morgan fingerprint density at radius 3 is 2.50 bits per heavy atom. The van der Waals surface area contributed by atoms with Crippen LogP contribution < -0.4 is 0 Å². The Morgan fingerprint density at radius 1 is 1.44 bits per heavy atom. The molecule has 0 radical (unpaired) electrons. The lowest BCUT2D eigenvalue weighted by atomic mass is 10.1. The van der Waals surface area contributed by atoms with Gasteiger partial charge < -0.3 is 5.11 Å². The first-order chi connectivity index (χ1) is 7.43. The second-order valence-electron chi connectivity index (χ2n) is 4.81. The van der Waals surface area contributed by atoms with Crippen LogP contribution in [0, 0.1) is 5.92 Å². The van der Waals surface area contributed by atoms with Crippen molar-refractivity contribution in [3.05, 3.63) is 17.5 Å². The molecule has 0 spiro atoms. The Balaban J connectivity index is 2.96. The number of carboxylic acids is 1. The topological polar surface area (TPSA) is 55.1 Å². The number of carbonyl (C=O) groups is 1. The summed E-state index contributed by atoms with van der Waals surface area (Å²) in [5, 5.41) is 13.2. The first kappa shape index (κ1) is 12.7. The van der Waals surface area contributed by atoms with E-state index in [0.29, 0.717) is 11.5 Å². The fourth-order valence-corrected chi connectivity index (χ4v) is 1.73. The second kappa shape index (κ2) is 5.14. The van der Waals surface area contributed by atoms with Crippen LogP contribution in [0.25, 0.3) is 0 Å². The minimum atomic E-state index is -0.889. The van der Waals surface area contributed by atoms with Gasteiger partial charge in [0.1, 0.15) is 5.56 Å². The zero-order valence-corrected chi connectivity index (χ0v) is 10.4. The molecule has 1 N–H and O–H groups in total. The smallest absolute Gasteiger partial charge is 0.339 e. The van der Waals surface area contributed by atoms with Gasteiger partial charge in [-0.05, 0) is 18.3 Å². The van der Waals surface area contributed by atoms with Crippen molar-refractivity contribution in [2.75, 3.05) is 0 Å². The maximum atomic E-state index is 11.0. The molecule has 0 aliphatic rings. The van der Waals surface area contributed by atoms with E-state index in [-0.39, 0.29) is 5.92 Å². The summed E-state index contributed by atoms with van der Waals surface area (Å²) in [6.45, 7) is 9.08. The molecule has 1 aromatic heterocycles. The van der Waals surface area contributed by atoms with Crippen LogP contribution in [0.15, 0.2) is 6.20 Å². The average Bonchev–Trinajstić information content (AvgIpc) is 2.57. The van der Waals surface area contributed by atoms with Crippen molar-refractivity contribution in [2.24, 2.45) is 5.92 Å². The molecule has 0 fully saturated rings. The minimum absolute atomic E-state index is 0.181. The quantitative estimate of drug-likeness (QED) is 0.836. The number of aryl methyl sites for hydroxylation is 1. The Bertz CT molecular complexity index is 367. The van der Waals surface area contributed by atoms with E-state index in [4.69, 9.17) is 5.11 Å². The molecular formula is C12H20N2O2. The molecule has 0 bridgehead atoms. The molecule has 1 rings (SSSR count). The summed E-state index contributed by atoms with van der Waals surface area (Å²) in [5.41, 5.74) is 1.16. The van der Waals surface area contributed by atoms with Crippen molar-refractivity contribution >= 4 is 5.97 Å². The lowest BCUT2D eigenvalue weighted by Crippen LogP contribution is -2.11. The van der Waals surface area contributed by atoms with Gasteiger partial charge in [-0.2, -0.15) is 5.10 Å². The number of hydrogen-bond donors (Lipinski definition) is 1. The van der Waals surface area contributed by atoms with Gasteiger partial charge in [0.25, 0.3) is 0 Å². The Kier molecular flexibility index (Phi) is 4.10. The number of aromatic nitrogens is 2. The van der Waals surface area contributed by atoms with Gasteiger partial charge in [-0.15, -0.1) is 0 Å². The van der Waals surface area contributed by atoms with Gasteiger partial charge >= 0.3 is 5.97 Å². The van der Waals surface area contributed by atoms with E-state index in [1.54, 1.807) is 0 Å². The van der Waals surface area contributed by atoms with E-state index in [2.05, 4.69) is 18.9 Å². The molecule has 0 aromatic carbocycles. The highest BCUT2D eigenvalue weighted by atomic mass is 16.4. The summed E-state index contributed by atoms with van der Waals surface area (Å²) in [7, 11) is 0. The average molecular weight is 224 g/mol. The lowest BCUT2D eigenvalue weighted by Gasteiger charge is -2.12. The standard InChI is InChI=1S/C12H20N2O2/c1-8(2)5-6-14-11(9(3)4)10(7-13-14)12(15)16/h7-9H,5-6H2,1-4H3,(H,15,16). The van der Waals surface area contributed by atoms with E-state index in [0.717, 1.165) is 18.7 Å². The first-order valence-electron chi connectivity index (χ1n) is 5.72. The zero-order valence-electron chi connectivity index (χ0n) is 10.4. The van der Waals surface area contributed by atoms with Gasteiger partial charge in [0, 0.05) is 6.54 Å². The zero-order chi connectivity index (χ0) is 12.3. The van der Waals surface area contributed by atoms with Crippen LogP contribution in [-0.2, 0) is 6.54 Å². The molecule has 0 amide bonds. The van der Waals surface area contributed by atoms with Crippen LogP contribution >= 0.6 is 0 Å². The minimum Gasteiger partial charge on any atom is -0.478 e. The molecule has 0 aliphatic heterocycles. The molecule has 16 heavy (non-hydrogen) atoms. The van der Waals surface area contributed by atoms with Crippen LogP contribution in [-0.4, -0.2) is 20.9 Å². The van der Waals surface area contributed by atoms with E-state index >= 15 is 0 Å². The second-order valence-corrected chi connectivity index (χ2v) is 4.81. The van der Waals surface area contributed by atoms with Gasteiger partial charge in [0.2, 0.25) is 0 Å². The normalized spacial score (nSPS) is 11.4. The monoisotopic (exact) mass is 224 g/mol. The Hall–Kier alpha value is -1.32. The highest BCUT2D eigenvalue weighted by Crippen LogP contribution is 2.20. The first-order valence-corrected chi connectivity index (χ1v) is 5.72. The van der Waals surface area contributed by atoms with Crippen LogP contribution in [0.2, 0.25) is 0 Å². The number of hydrogen-bond acceptors (Lipinski definition) is 2. The van der Waals surface area contributed by atoms with Crippen molar-refractivity contribution in [1.82, 2.24) is 9.78 Å². The molecule has 1 heterocycles. The summed E-state index contributed by atoms with van der Waals surface area (Å²) in [5.74, 6) is -0.113. The van der Waals surface area contributed by atoms with Crippen LogP contribution in [0.4, 0.5) is 0 Å². The predicted molar refractivity (Wildman–Crippen MR) is 62.7 cm³/mol. The summed E-state index contributed by atoms with van der Waals surface area (Å²) in [4.78, 5) is 11.0. The molecule has 4 heteroatoms. The van der Waals surface area contributed by atoms with Crippen molar-refractivity contribution in [1.29, 1.82) is 0 Å². The third kappa shape index (κ3) is 2.84. The van der Waals surface area contributed by atoms with Gasteiger partial charge in [-0.1, -0.05) is 27.7 Å². The third-order valence-corrected chi connectivity index (χ3v) is 2.58. The summed E-state index contributed by atoms with van der Waals surface area (Å²) >= 11 is 0. The van der Waals surface area contributed by atoms with Crippen molar-refractivity contribution in [3.63, 3.8) is 0 Å². The predicted octanol–water partition coefficient (Wildman–Crippen LogP) is 2.75. The fraction of sp³-hybridized carbons (Fsp3) is 0.667. The van der Waals surface area contributed by atoms with Crippen molar-refractivity contribution < 1.29 is 9.90 Å². The number of rotatable bonds is 5. The summed E-state index contributed by atoms with van der Waals surface area (Å²) < 4.78 is 1.83. The fourth-order valence-electron chi connectivity index (χ4n) is 1.73. The molecular weight excluding hydrogens is 204 g/mol. The Morgan fingerprint density at radius 2 is 2.06 bits per heavy atom. The van der Waals surface area contributed by atoms with Crippen LogP contribution in [0.1, 0.15) is 56.1 Å². The molecule has 0 saturated carbocycles. The van der Waals surface area contributed by atoms with E-state index < -0.39 is 5.97 Å². The molecule has 0 saturated heterocycles. The highest BCUT2D eigenvalue weighted by Gasteiger charge is 2.18. The van der Waals surface area contributed by atoms with Gasteiger partial charge in [0.15, 0.2) is 0 Å². The molecule has 0 atom stereocenters. The number of carboxylic acid groups (broad SMARTS) is 1. The Labute approximate surface area is 96.3 Å². The van der Waals surface area contributed by atoms with Crippen LogP contribution in [0.5, 0.6) is 0 Å². The molecule has 4 nitrogen and oxygen atoms in total. The number of nitrogens with zero attached hydrogens (tertiary/aromatic N) is 2. The van der Waals surface area contributed by atoms with E-state index in [9.17, 15) is 4.79 Å². The maximum Gasteiger partial charge on any atom is 0.339 e. The lowest BCUT2D eigenvalue weighted by molar-refractivity contribution is 0.0695. The third-order valence-electron chi connectivity index (χ3n) is 2.58. The molecule has 1 aromatic rings. The number of aromatic carboxylic acids is 1. The van der Waals surface area contributed by atoms with Crippen molar-refractivity contribution in [3.8, 4) is 0 Å². The van der Waals surface area contributed by atoms with Gasteiger partial charge in [0.05, 0.1) is 11.9 Å². The van der Waals surface area contributed by atoms with E-state index in [1.165, 1.54) is 6.20 Å². The van der Waals surface area contributed by atoms with E-state index in [1.807, 2.05) is 18.5 Å². The van der Waals surface area contributed by atoms with Crippen molar-refractivity contribution in [2.45, 2.75) is 46.6 Å². The van der Waals surface area contributed by atoms with Gasteiger partial charge in [-0.25, -0.2) is 4.79 Å². The highest BCUT2D eigenvalue weighted by molar-refractivity contribution is 5.88. The molecule has 0 unspecified atom stereocenters. The maximum absolute atomic E-state index is 11.0. The van der Waals surface area contributed by atoms with Gasteiger partial charge in [-0.3, -0.25) is 4.68 Å². The largest absolute Gasteiger partial charge is 0.478 e. The SMILES string of the molecule is CC(C)CCn1ncc(C(=O)O)c1C(C)C. The molecule has 90 valence electrons.